The fraction of sp³-hybridized carbons (Fsp3) is 0.462. The van der Waals surface area contributed by atoms with Gasteiger partial charge in [0.05, 0.1) is 5.56 Å². The van der Waals surface area contributed by atoms with Gasteiger partial charge in [0.15, 0.2) is 0 Å². The molecule has 1 aromatic carbocycles. The Morgan fingerprint density at radius 3 is 2.89 bits per heavy atom. The first-order valence-corrected chi connectivity index (χ1v) is 7.40. The minimum absolute atomic E-state index is 0.0503. The number of phenols is 1. The van der Waals surface area contributed by atoms with Crippen LogP contribution in [0.15, 0.2) is 18.2 Å². The van der Waals surface area contributed by atoms with E-state index in [1.165, 1.54) is 24.6 Å². The van der Waals surface area contributed by atoms with E-state index < -0.39 is 0 Å². The third-order valence-corrected chi connectivity index (χ3v) is 3.29. The van der Waals surface area contributed by atoms with E-state index in [9.17, 15) is 9.90 Å². The first-order chi connectivity index (χ1) is 8.65. The fourth-order valence-electron chi connectivity index (χ4n) is 1.59. The molecule has 0 saturated carbocycles. The molecule has 0 aliphatic carbocycles. The first kappa shape index (κ1) is 14.7. The lowest BCUT2D eigenvalue weighted by atomic mass is 10.1. The van der Waals surface area contributed by atoms with Gasteiger partial charge in [0.25, 0.3) is 5.91 Å². The van der Waals surface area contributed by atoms with Crippen LogP contribution in [0.2, 0.25) is 0 Å². The Bertz CT molecular complexity index is 397. The van der Waals surface area contributed by atoms with Gasteiger partial charge in [-0.15, -0.1) is 0 Å². The molecule has 4 N–H and O–H groups in total. The SMILES string of the molecule is CSCCCCCNC(=O)c1cc(O)ccc1N. The summed E-state index contributed by atoms with van der Waals surface area (Å²) < 4.78 is 0. The highest BCUT2D eigenvalue weighted by atomic mass is 32.2. The van der Waals surface area contributed by atoms with Crippen molar-refractivity contribution in [1.29, 1.82) is 0 Å². The molecular weight excluding hydrogens is 248 g/mol. The van der Waals surface area contributed by atoms with Crippen LogP contribution in [0, 0.1) is 0 Å². The van der Waals surface area contributed by atoms with Gasteiger partial charge in [-0.2, -0.15) is 11.8 Å². The van der Waals surface area contributed by atoms with Gasteiger partial charge < -0.3 is 16.2 Å². The third kappa shape index (κ3) is 4.87. The van der Waals surface area contributed by atoms with Gasteiger partial charge >= 0.3 is 0 Å². The summed E-state index contributed by atoms with van der Waals surface area (Å²) in [5, 5.41) is 12.1. The van der Waals surface area contributed by atoms with Gasteiger partial charge in [0.2, 0.25) is 0 Å². The Morgan fingerprint density at radius 1 is 1.39 bits per heavy atom. The van der Waals surface area contributed by atoms with E-state index in [0.717, 1.165) is 18.6 Å². The third-order valence-electron chi connectivity index (χ3n) is 2.59. The zero-order valence-electron chi connectivity index (χ0n) is 10.6. The number of thioether (sulfide) groups is 1. The Balaban J connectivity index is 2.34. The first-order valence-electron chi connectivity index (χ1n) is 6.00. The zero-order valence-corrected chi connectivity index (χ0v) is 11.4. The normalized spacial score (nSPS) is 10.3. The number of carbonyl (C=O) groups excluding carboxylic acids is 1. The molecule has 4 nitrogen and oxygen atoms in total. The maximum atomic E-state index is 11.8. The number of benzene rings is 1. The van der Waals surface area contributed by atoms with E-state index in [1.54, 1.807) is 0 Å². The standard InChI is InChI=1S/C13H20N2O2S/c1-18-8-4-2-3-7-15-13(17)11-9-10(16)5-6-12(11)14/h5-6,9,16H,2-4,7-8,14H2,1H3,(H,15,17). The predicted molar refractivity (Wildman–Crippen MR) is 77.1 cm³/mol. The summed E-state index contributed by atoms with van der Waals surface area (Å²) in [4.78, 5) is 11.8. The van der Waals surface area contributed by atoms with Crippen LogP contribution in [-0.2, 0) is 0 Å². The summed E-state index contributed by atoms with van der Waals surface area (Å²) in [6, 6.07) is 4.38. The van der Waals surface area contributed by atoms with E-state index in [2.05, 4.69) is 11.6 Å². The fourth-order valence-corrected chi connectivity index (χ4v) is 2.08. The number of nitrogens with two attached hydrogens (primary N) is 1. The number of amides is 1. The molecule has 0 heterocycles. The molecule has 0 bridgehead atoms. The zero-order chi connectivity index (χ0) is 13.4. The van der Waals surface area contributed by atoms with E-state index in [4.69, 9.17) is 5.73 Å². The van der Waals surface area contributed by atoms with Crippen molar-refractivity contribution < 1.29 is 9.90 Å². The summed E-state index contributed by atoms with van der Waals surface area (Å²) in [7, 11) is 0. The predicted octanol–water partition coefficient (Wildman–Crippen LogP) is 2.24. The van der Waals surface area contributed by atoms with E-state index in [1.807, 2.05) is 11.8 Å². The van der Waals surface area contributed by atoms with Crippen LogP contribution in [0.5, 0.6) is 5.75 Å². The number of unbranched alkanes of at least 4 members (excludes halogenated alkanes) is 2. The number of anilines is 1. The molecule has 0 aliphatic heterocycles. The van der Waals surface area contributed by atoms with Crippen LogP contribution in [-0.4, -0.2) is 29.6 Å². The molecule has 0 spiro atoms. The van der Waals surface area contributed by atoms with Crippen LogP contribution in [0.4, 0.5) is 5.69 Å². The van der Waals surface area contributed by atoms with Crippen LogP contribution in [0.1, 0.15) is 29.6 Å². The second-order valence-electron chi connectivity index (χ2n) is 4.08. The Morgan fingerprint density at radius 2 is 2.17 bits per heavy atom. The summed E-state index contributed by atoms with van der Waals surface area (Å²) in [6.07, 6.45) is 5.33. The van der Waals surface area contributed by atoms with E-state index >= 15 is 0 Å². The minimum Gasteiger partial charge on any atom is -0.508 e. The van der Waals surface area contributed by atoms with Gasteiger partial charge in [-0.05, 0) is 43.0 Å². The molecule has 0 aliphatic rings. The monoisotopic (exact) mass is 268 g/mol. The number of aromatic hydroxyl groups is 1. The molecule has 0 saturated heterocycles. The highest BCUT2D eigenvalue weighted by Gasteiger charge is 2.09. The molecule has 0 aromatic heterocycles. The van der Waals surface area contributed by atoms with Crippen LogP contribution >= 0.6 is 11.8 Å². The van der Waals surface area contributed by atoms with Crippen LogP contribution < -0.4 is 11.1 Å². The maximum Gasteiger partial charge on any atom is 0.253 e. The lowest BCUT2D eigenvalue weighted by molar-refractivity contribution is 0.0953. The van der Waals surface area contributed by atoms with Gasteiger partial charge in [0.1, 0.15) is 5.75 Å². The second kappa shape index (κ2) is 7.87. The van der Waals surface area contributed by atoms with E-state index in [0.29, 0.717) is 17.8 Å². The van der Waals surface area contributed by atoms with Crippen molar-refractivity contribution >= 4 is 23.4 Å². The number of hydrogen-bond donors (Lipinski definition) is 3. The molecule has 0 atom stereocenters. The van der Waals surface area contributed by atoms with Crippen molar-refractivity contribution in [3.63, 3.8) is 0 Å². The number of rotatable bonds is 7. The van der Waals surface area contributed by atoms with Gasteiger partial charge in [-0.25, -0.2) is 0 Å². The Labute approximate surface area is 112 Å². The molecule has 100 valence electrons. The molecular formula is C13H20N2O2S. The molecule has 1 aromatic rings. The largest absolute Gasteiger partial charge is 0.508 e. The minimum atomic E-state index is -0.228. The topological polar surface area (TPSA) is 75.3 Å². The highest BCUT2D eigenvalue weighted by molar-refractivity contribution is 7.98. The second-order valence-corrected chi connectivity index (χ2v) is 5.07. The molecule has 0 fully saturated rings. The Hall–Kier alpha value is -1.36. The van der Waals surface area contributed by atoms with Crippen molar-refractivity contribution in [2.24, 2.45) is 0 Å². The molecule has 0 unspecified atom stereocenters. The lowest BCUT2D eigenvalue weighted by Crippen LogP contribution is -2.25. The average molecular weight is 268 g/mol. The van der Waals surface area contributed by atoms with Crippen molar-refractivity contribution in [2.75, 3.05) is 24.3 Å². The molecule has 18 heavy (non-hydrogen) atoms. The van der Waals surface area contributed by atoms with Gasteiger partial charge in [0, 0.05) is 12.2 Å². The number of phenolic OH excluding ortho intramolecular Hbond substituents is 1. The number of hydrogen-bond acceptors (Lipinski definition) is 4. The van der Waals surface area contributed by atoms with Crippen LogP contribution in [0.25, 0.3) is 0 Å². The molecule has 0 radical (unpaired) electrons. The highest BCUT2D eigenvalue weighted by Crippen LogP contribution is 2.18. The number of nitrogen functional groups attached to an aromatic ring is 1. The summed E-state index contributed by atoms with van der Waals surface area (Å²) in [5.41, 5.74) is 6.40. The van der Waals surface area contributed by atoms with Crippen molar-refractivity contribution in [2.45, 2.75) is 19.3 Å². The molecule has 1 rings (SSSR count). The van der Waals surface area contributed by atoms with Gasteiger partial charge in [-0.3, -0.25) is 4.79 Å². The lowest BCUT2D eigenvalue weighted by Gasteiger charge is -2.07. The van der Waals surface area contributed by atoms with Gasteiger partial charge in [-0.1, -0.05) is 6.42 Å². The van der Waals surface area contributed by atoms with E-state index in [-0.39, 0.29) is 11.7 Å². The summed E-state index contributed by atoms with van der Waals surface area (Å²) in [6.45, 7) is 0.641. The maximum absolute atomic E-state index is 11.8. The molecule has 1 amide bonds. The average Bonchev–Trinajstić information content (AvgIpc) is 2.36. The van der Waals surface area contributed by atoms with Crippen LogP contribution in [0.3, 0.4) is 0 Å². The summed E-state index contributed by atoms with van der Waals surface area (Å²) >= 11 is 1.83. The van der Waals surface area contributed by atoms with Crippen molar-refractivity contribution in [3.05, 3.63) is 23.8 Å². The Kier molecular flexibility index (Phi) is 6.43. The number of nitrogens with one attached hydrogen (secondary N) is 1. The smallest absolute Gasteiger partial charge is 0.253 e. The summed E-state index contributed by atoms with van der Waals surface area (Å²) in [5.74, 6) is 0.982. The molecule has 5 heteroatoms. The van der Waals surface area contributed by atoms with Crippen molar-refractivity contribution in [1.82, 2.24) is 5.32 Å². The number of carbonyl (C=O) groups is 1. The van der Waals surface area contributed by atoms with Crippen molar-refractivity contribution in [3.8, 4) is 5.75 Å². The quantitative estimate of drug-likeness (QED) is 0.403.